The average molecular weight is 512 g/mol. The first kappa shape index (κ1) is 25.1. The highest BCUT2D eigenvalue weighted by atomic mass is 16.3. The maximum Gasteiger partial charge on any atom is 0.255 e. The predicted molar refractivity (Wildman–Crippen MR) is 130 cm³/mol. The molecule has 6 N–H and O–H groups in total. The molecule has 37 heavy (non-hydrogen) atoms. The first-order valence-electron chi connectivity index (χ1n) is 12.2. The number of aliphatic hydroxyl groups excluding tert-OH is 2. The number of hydrogen-bond donors (Lipinski definition) is 5. The van der Waals surface area contributed by atoms with Crippen LogP contribution in [0.3, 0.4) is 0 Å². The van der Waals surface area contributed by atoms with Crippen molar-refractivity contribution in [3.63, 3.8) is 0 Å². The van der Waals surface area contributed by atoms with E-state index in [0.717, 1.165) is 26.2 Å². The highest BCUT2D eigenvalue weighted by Crippen LogP contribution is 2.52. The number of piperazine rings is 1. The van der Waals surface area contributed by atoms with Crippen LogP contribution < -0.4 is 5.73 Å². The minimum atomic E-state index is -2.61. The van der Waals surface area contributed by atoms with E-state index in [2.05, 4.69) is 4.90 Å². The van der Waals surface area contributed by atoms with E-state index in [1.165, 1.54) is 12.1 Å². The van der Waals surface area contributed by atoms with E-state index < -0.39 is 58.4 Å². The number of aromatic hydroxyl groups is 1. The average Bonchev–Trinajstić information content (AvgIpc) is 2.82. The number of likely N-dealkylation sites (N-methyl/N-ethyl adjacent to an activating group) is 1. The lowest BCUT2D eigenvalue weighted by Crippen LogP contribution is -2.58. The number of fused-ring (bicyclic) bond motifs is 3. The number of nitrogens with zero attached hydrogens (tertiary/aromatic N) is 2. The summed E-state index contributed by atoms with van der Waals surface area (Å²) in [5.41, 5.74) is 2.18. The molecule has 4 aliphatic rings. The highest BCUT2D eigenvalue weighted by Gasteiger charge is 2.60. The van der Waals surface area contributed by atoms with Gasteiger partial charge in [-0.15, -0.1) is 0 Å². The van der Waals surface area contributed by atoms with E-state index in [9.17, 15) is 39.6 Å². The number of primary amides is 1. The minimum Gasteiger partial charge on any atom is -0.508 e. The zero-order valence-electron chi connectivity index (χ0n) is 20.4. The first-order valence-corrected chi connectivity index (χ1v) is 12.2. The van der Waals surface area contributed by atoms with Crippen LogP contribution in [0.5, 0.6) is 5.75 Å². The van der Waals surface area contributed by atoms with Gasteiger partial charge in [0.2, 0.25) is 5.78 Å². The third kappa shape index (κ3) is 3.76. The van der Waals surface area contributed by atoms with Gasteiger partial charge in [-0.25, -0.2) is 0 Å². The van der Waals surface area contributed by atoms with E-state index in [1.54, 1.807) is 0 Å². The van der Waals surface area contributed by atoms with E-state index in [1.807, 2.05) is 11.9 Å². The van der Waals surface area contributed by atoms with Gasteiger partial charge in [-0.1, -0.05) is 0 Å². The molecule has 1 aliphatic heterocycles. The lowest BCUT2D eigenvalue weighted by molar-refractivity contribution is -0.147. The Morgan fingerprint density at radius 2 is 1.76 bits per heavy atom. The van der Waals surface area contributed by atoms with Crippen molar-refractivity contribution in [3.05, 3.63) is 45.7 Å². The zero-order chi connectivity index (χ0) is 26.8. The first-order chi connectivity index (χ1) is 17.4. The lowest BCUT2D eigenvalue weighted by Gasteiger charge is -2.46. The van der Waals surface area contributed by atoms with Crippen molar-refractivity contribution in [1.82, 2.24) is 9.80 Å². The molecule has 11 heteroatoms. The van der Waals surface area contributed by atoms with Crippen LogP contribution >= 0.6 is 0 Å². The summed E-state index contributed by atoms with van der Waals surface area (Å²) < 4.78 is 0. The van der Waals surface area contributed by atoms with Gasteiger partial charge in [0.05, 0.1) is 12.1 Å². The van der Waals surface area contributed by atoms with Crippen molar-refractivity contribution in [2.24, 2.45) is 17.6 Å². The summed E-state index contributed by atoms with van der Waals surface area (Å²) in [6, 6.07) is 2.78. The van der Waals surface area contributed by atoms with Crippen LogP contribution in [0.1, 0.15) is 34.3 Å². The zero-order valence-corrected chi connectivity index (χ0v) is 20.4. The van der Waals surface area contributed by atoms with Gasteiger partial charge >= 0.3 is 0 Å². The number of benzene rings is 1. The summed E-state index contributed by atoms with van der Waals surface area (Å²) in [6.45, 7) is 3.29. The van der Waals surface area contributed by atoms with Gasteiger partial charge in [0.1, 0.15) is 22.8 Å². The number of carbonyl (C=O) groups excluding carboxylic acids is 4. The van der Waals surface area contributed by atoms with Gasteiger partial charge in [-0.05, 0) is 43.5 Å². The number of phenolic OH excluding ortho intramolecular Hbond substituents is 1. The number of rotatable bonds is 4. The largest absolute Gasteiger partial charge is 0.508 e. The molecule has 0 radical (unpaired) electrons. The fraction of sp³-hybridized carbons (Fsp3) is 0.462. The fourth-order valence-corrected chi connectivity index (χ4v) is 6.18. The molecule has 0 spiro atoms. The number of carbonyl (C=O) groups is 4. The topological polar surface area (TPSA) is 182 Å². The summed E-state index contributed by atoms with van der Waals surface area (Å²) in [5.74, 6) is -7.08. The fourth-order valence-electron chi connectivity index (χ4n) is 6.18. The maximum atomic E-state index is 13.6. The van der Waals surface area contributed by atoms with Crippen LogP contribution in [-0.4, -0.2) is 98.9 Å². The Hall–Kier alpha value is -3.54. The molecule has 2 fully saturated rings. The number of hydrogen-bond acceptors (Lipinski definition) is 10. The highest BCUT2D eigenvalue weighted by molar-refractivity contribution is 6.22. The number of aliphatic hydroxyl groups is 3. The third-order valence-corrected chi connectivity index (χ3v) is 8.21. The normalized spacial score (nSPS) is 28.6. The smallest absolute Gasteiger partial charge is 0.255 e. The van der Waals surface area contributed by atoms with Crippen molar-refractivity contribution < 1.29 is 39.6 Å². The van der Waals surface area contributed by atoms with Crippen LogP contribution in [0, 0.1) is 11.8 Å². The van der Waals surface area contributed by atoms with E-state index >= 15 is 0 Å². The predicted octanol–water partition coefficient (Wildman–Crippen LogP) is -0.146. The van der Waals surface area contributed by atoms with Crippen LogP contribution in [0.4, 0.5) is 0 Å². The van der Waals surface area contributed by atoms with Crippen LogP contribution in [0.15, 0.2) is 29.0 Å². The molecule has 0 aromatic heterocycles. The standard InChI is InChI=1S/C26H29N3O8/c1-28-4-6-29(7-5-28)11-18(32)14-2-3-16(30)20-15(14)9-12-8-13-10-17(31)21(25(27)36)24(35)26(13,37)23(34)19(12)22(20)33/h2-3,12-13,30,33,35,37H,4-11H2,1H3,(H2,27,36)/t12-,13+,26+/m1/s1. The number of amides is 1. The molecular formula is C26H29N3O8. The van der Waals surface area contributed by atoms with E-state index in [0.29, 0.717) is 11.1 Å². The second-order valence-electron chi connectivity index (χ2n) is 10.4. The molecule has 196 valence electrons. The van der Waals surface area contributed by atoms with Crippen LogP contribution in [-0.2, 0) is 20.8 Å². The molecule has 1 saturated heterocycles. The van der Waals surface area contributed by atoms with Gasteiger partial charge in [-0.3, -0.25) is 24.1 Å². The molecular weight excluding hydrogens is 482 g/mol. The van der Waals surface area contributed by atoms with Gasteiger partial charge in [0, 0.05) is 49.7 Å². The Bertz CT molecular complexity index is 1310. The quantitative estimate of drug-likeness (QED) is 0.269. The summed E-state index contributed by atoms with van der Waals surface area (Å²) in [6.07, 6.45) is -0.269. The third-order valence-electron chi connectivity index (χ3n) is 8.21. The van der Waals surface area contributed by atoms with E-state index in [4.69, 9.17) is 5.73 Å². The second kappa shape index (κ2) is 8.79. The Morgan fingerprint density at radius 3 is 2.41 bits per heavy atom. The number of nitrogens with two attached hydrogens (primary N) is 1. The summed E-state index contributed by atoms with van der Waals surface area (Å²) in [5, 5.41) is 43.7. The molecule has 11 nitrogen and oxygen atoms in total. The van der Waals surface area contributed by atoms with Crippen molar-refractivity contribution in [2.75, 3.05) is 39.8 Å². The molecule has 1 heterocycles. The van der Waals surface area contributed by atoms with Gasteiger partial charge in [0.25, 0.3) is 5.91 Å². The molecule has 1 aromatic carbocycles. The maximum absolute atomic E-state index is 13.6. The minimum absolute atomic E-state index is 0.0185. The van der Waals surface area contributed by atoms with Gasteiger partial charge in [-0.2, -0.15) is 0 Å². The Balaban J connectivity index is 1.56. The Morgan fingerprint density at radius 1 is 1.08 bits per heavy atom. The lowest BCUT2D eigenvalue weighted by atomic mass is 9.59. The summed E-state index contributed by atoms with van der Waals surface area (Å²) in [7, 11) is 2.01. The summed E-state index contributed by atoms with van der Waals surface area (Å²) >= 11 is 0. The van der Waals surface area contributed by atoms with Gasteiger partial charge < -0.3 is 31.1 Å². The molecule has 1 saturated carbocycles. The molecule has 3 aliphatic carbocycles. The molecule has 0 unspecified atom stereocenters. The second-order valence-corrected chi connectivity index (χ2v) is 10.4. The molecule has 0 bridgehead atoms. The van der Waals surface area contributed by atoms with Crippen molar-refractivity contribution in [3.8, 4) is 5.75 Å². The number of phenols is 1. The molecule has 5 rings (SSSR count). The summed E-state index contributed by atoms with van der Waals surface area (Å²) in [4.78, 5) is 55.3. The SMILES string of the molecule is CN1CCN(CC(=O)c2ccc(O)c3c2C[C@H]2C[C@H]4CC(=O)C(C(N)=O)=C(O)[C@@]4(O)C(=O)C2=C3O)CC1. The monoisotopic (exact) mass is 511 g/mol. The van der Waals surface area contributed by atoms with Crippen LogP contribution in [0.25, 0.3) is 5.76 Å². The van der Waals surface area contributed by atoms with Gasteiger partial charge in [0.15, 0.2) is 17.2 Å². The van der Waals surface area contributed by atoms with E-state index in [-0.39, 0.29) is 42.1 Å². The van der Waals surface area contributed by atoms with Crippen LogP contribution in [0.2, 0.25) is 0 Å². The van der Waals surface area contributed by atoms with Crippen molar-refractivity contribution in [1.29, 1.82) is 0 Å². The Labute approximate surface area is 212 Å². The Kier molecular flexibility index (Phi) is 5.97. The number of Topliss-reactive ketones (excluding diaryl/α,β-unsaturated/α-hetero) is 3. The number of ketones is 3. The molecule has 3 atom stereocenters. The molecule has 1 aromatic rings. The van der Waals surface area contributed by atoms with Crippen molar-refractivity contribution in [2.45, 2.75) is 24.9 Å². The van der Waals surface area contributed by atoms with Crippen molar-refractivity contribution >= 4 is 29.0 Å². The molecule has 1 amide bonds.